The summed E-state index contributed by atoms with van der Waals surface area (Å²) >= 11 is 0. The molecule has 1 atom stereocenters. The molecule has 0 spiro atoms. The first-order chi connectivity index (χ1) is 11.2. The maximum absolute atomic E-state index is 12.5. The van der Waals surface area contributed by atoms with Gasteiger partial charge >= 0.3 is 6.03 Å². The number of amides is 2. The molecule has 1 N–H and O–H groups in total. The smallest absolute Gasteiger partial charge is 0.321 e. The number of aryl methyl sites for hydroxylation is 1. The fourth-order valence-corrected chi connectivity index (χ4v) is 2.76. The van der Waals surface area contributed by atoms with Gasteiger partial charge in [0.05, 0.1) is 23.7 Å². The Balaban J connectivity index is 1.72. The number of pyridine rings is 1. The SMILES string of the molecule is CCO[C@H]1CCN(C(=O)Nc2cccnc2-c2cnn(C)c2)C1. The molecule has 0 bridgehead atoms. The van der Waals surface area contributed by atoms with E-state index in [4.69, 9.17) is 4.74 Å². The van der Waals surface area contributed by atoms with Crippen LogP contribution in [0.1, 0.15) is 13.3 Å². The zero-order valence-corrected chi connectivity index (χ0v) is 13.4. The van der Waals surface area contributed by atoms with Gasteiger partial charge in [0.1, 0.15) is 0 Å². The lowest BCUT2D eigenvalue weighted by molar-refractivity contribution is 0.0716. The van der Waals surface area contributed by atoms with Crippen LogP contribution in [0.2, 0.25) is 0 Å². The van der Waals surface area contributed by atoms with Crippen LogP contribution in [-0.2, 0) is 11.8 Å². The van der Waals surface area contributed by atoms with E-state index in [1.165, 1.54) is 0 Å². The number of likely N-dealkylation sites (tertiary alicyclic amines) is 1. The average Bonchev–Trinajstić information content (AvgIpc) is 3.17. The molecule has 3 heterocycles. The highest BCUT2D eigenvalue weighted by atomic mass is 16.5. The van der Waals surface area contributed by atoms with Gasteiger partial charge in [0.15, 0.2) is 0 Å². The fourth-order valence-electron chi connectivity index (χ4n) is 2.76. The van der Waals surface area contributed by atoms with Crippen molar-refractivity contribution < 1.29 is 9.53 Å². The Kier molecular flexibility index (Phi) is 4.57. The third-order valence-electron chi connectivity index (χ3n) is 3.86. The molecule has 1 aliphatic rings. The first kappa shape index (κ1) is 15.5. The summed E-state index contributed by atoms with van der Waals surface area (Å²) in [5.41, 5.74) is 2.27. The first-order valence-electron chi connectivity index (χ1n) is 7.79. The molecule has 0 saturated carbocycles. The highest BCUT2D eigenvalue weighted by molar-refractivity contribution is 5.93. The van der Waals surface area contributed by atoms with Gasteiger partial charge in [-0.05, 0) is 25.5 Å². The standard InChI is InChI=1S/C16H21N5O2/c1-3-23-13-6-8-21(11-13)16(22)19-14-5-4-7-17-15(14)12-9-18-20(2)10-12/h4-5,7,9-10,13H,3,6,8,11H2,1-2H3,(H,19,22)/t13-/m0/s1. The summed E-state index contributed by atoms with van der Waals surface area (Å²) in [5, 5.41) is 7.11. The Morgan fingerprint density at radius 2 is 2.39 bits per heavy atom. The van der Waals surface area contributed by atoms with E-state index in [-0.39, 0.29) is 12.1 Å². The molecule has 2 aromatic rings. The molecular formula is C16H21N5O2. The quantitative estimate of drug-likeness (QED) is 0.938. The molecule has 7 nitrogen and oxygen atoms in total. The highest BCUT2D eigenvalue weighted by Crippen LogP contribution is 2.25. The van der Waals surface area contributed by atoms with Crippen LogP contribution in [0, 0.1) is 0 Å². The van der Waals surface area contributed by atoms with Gasteiger partial charge in [-0.2, -0.15) is 5.10 Å². The Hall–Kier alpha value is -2.41. The number of nitrogens with zero attached hydrogens (tertiary/aromatic N) is 4. The van der Waals surface area contributed by atoms with Gasteiger partial charge in [-0.1, -0.05) is 0 Å². The van der Waals surface area contributed by atoms with Crippen molar-refractivity contribution in [1.29, 1.82) is 0 Å². The van der Waals surface area contributed by atoms with Crippen molar-refractivity contribution in [2.24, 2.45) is 7.05 Å². The predicted molar refractivity (Wildman–Crippen MR) is 87.1 cm³/mol. The van der Waals surface area contributed by atoms with E-state index in [9.17, 15) is 4.79 Å². The van der Waals surface area contributed by atoms with Crippen LogP contribution >= 0.6 is 0 Å². The molecule has 3 rings (SSSR count). The normalized spacial score (nSPS) is 17.5. The number of rotatable bonds is 4. The summed E-state index contributed by atoms with van der Waals surface area (Å²) in [4.78, 5) is 18.6. The van der Waals surface area contributed by atoms with Gasteiger partial charge in [-0.25, -0.2) is 4.79 Å². The van der Waals surface area contributed by atoms with E-state index in [1.807, 2.05) is 32.3 Å². The minimum absolute atomic E-state index is 0.120. The van der Waals surface area contributed by atoms with Gasteiger partial charge in [0.2, 0.25) is 0 Å². The monoisotopic (exact) mass is 315 g/mol. The van der Waals surface area contributed by atoms with Crippen LogP contribution in [0.4, 0.5) is 10.5 Å². The summed E-state index contributed by atoms with van der Waals surface area (Å²) < 4.78 is 7.30. The fraction of sp³-hybridized carbons (Fsp3) is 0.438. The lowest BCUT2D eigenvalue weighted by Crippen LogP contribution is -2.34. The molecule has 2 amide bonds. The Bertz CT molecular complexity index is 685. The number of nitrogens with one attached hydrogen (secondary N) is 1. The van der Waals surface area contributed by atoms with E-state index >= 15 is 0 Å². The molecule has 0 aliphatic carbocycles. The molecule has 1 saturated heterocycles. The maximum Gasteiger partial charge on any atom is 0.321 e. The van der Waals surface area contributed by atoms with Gasteiger partial charge in [-0.3, -0.25) is 9.67 Å². The van der Waals surface area contributed by atoms with E-state index in [1.54, 1.807) is 22.0 Å². The number of anilines is 1. The number of ether oxygens (including phenoxy) is 1. The summed E-state index contributed by atoms with van der Waals surface area (Å²) in [7, 11) is 1.85. The predicted octanol–water partition coefficient (Wildman–Crippen LogP) is 2.12. The van der Waals surface area contributed by atoms with Crippen molar-refractivity contribution in [2.75, 3.05) is 25.0 Å². The number of urea groups is 1. The van der Waals surface area contributed by atoms with E-state index in [0.717, 1.165) is 17.7 Å². The largest absolute Gasteiger partial charge is 0.377 e. The maximum atomic E-state index is 12.5. The van der Waals surface area contributed by atoms with E-state index in [2.05, 4.69) is 15.4 Å². The van der Waals surface area contributed by atoms with E-state index in [0.29, 0.717) is 25.4 Å². The van der Waals surface area contributed by atoms with Crippen LogP contribution < -0.4 is 5.32 Å². The summed E-state index contributed by atoms with van der Waals surface area (Å²) in [6.07, 6.45) is 6.33. The molecule has 0 aromatic carbocycles. The van der Waals surface area contributed by atoms with Crippen molar-refractivity contribution in [1.82, 2.24) is 19.7 Å². The first-order valence-corrected chi connectivity index (χ1v) is 7.79. The van der Waals surface area contributed by atoms with Crippen LogP contribution in [-0.4, -0.2) is 51.5 Å². The zero-order chi connectivity index (χ0) is 16.2. The summed E-state index contributed by atoms with van der Waals surface area (Å²) in [6.45, 7) is 3.98. The van der Waals surface area contributed by atoms with E-state index < -0.39 is 0 Å². The Labute approximate surface area is 135 Å². The van der Waals surface area contributed by atoms with Gasteiger partial charge < -0.3 is 15.0 Å². The van der Waals surface area contributed by atoms with Crippen LogP contribution in [0.15, 0.2) is 30.7 Å². The van der Waals surface area contributed by atoms with Crippen molar-refractivity contribution in [3.63, 3.8) is 0 Å². The third-order valence-corrected chi connectivity index (χ3v) is 3.86. The van der Waals surface area contributed by atoms with Crippen molar-refractivity contribution >= 4 is 11.7 Å². The Morgan fingerprint density at radius 1 is 1.52 bits per heavy atom. The lowest BCUT2D eigenvalue weighted by atomic mass is 10.2. The molecule has 1 aliphatic heterocycles. The molecular weight excluding hydrogens is 294 g/mol. The minimum atomic E-state index is -0.120. The van der Waals surface area contributed by atoms with Crippen LogP contribution in [0.25, 0.3) is 11.3 Å². The molecule has 1 fully saturated rings. The lowest BCUT2D eigenvalue weighted by Gasteiger charge is -2.18. The number of hydrogen-bond donors (Lipinski definition) is 1. The zero-order valence-electron chi connectivity index (χ0n) is 13.4. The Morgan fingerprint density at radius 3 is 3.13 bits per heavy atom. The average molecular weight is 315 g/mol. The van der Waals surface area contributed by atoms with Gasteiger partial charge in [0, 0.05) is 44.7 Å². The second-order valence-corrected chi connectivity index (χ2v) is 5.54. The second-order valence-electron chi connectivity index (χ2n) is 5.54. The van der Waals surface area contributed by atoms with Crippen molar-refractivity contribution in [3.8, 4) is 11.3 Å². The van der Waals surface area contributed by atoms with Gasteiger partial charge in [0.25, 0.3) is 0 Å². The molecule has 2 aromatic heterocycles. The minimum Gasteiger partial charge on any atom is -0.377 e. The molecule has 7 heteroatoms. The van der Waals surface area contributed by atoms with Crippen LogP contribution in [0.5, 0.6) is 0 Å². The van der Waals surface area contributed by atoms with Crippen LogP contribution in [0.3, 0.4) is 0 Å². The summed E-state index contributed by atoms with van der Waals surface area (Å²) in [6, 6.07) is 3.54. The second kappa shape index (κ2) is 6.78. The number of carbonyl (C=O) groups excluding carboxylic acids is 1. The summed E-state index contributed by atoms with van der Waals surface area (Å²) in [5.74, 6) is 0. The molecule has 0 unspecified atom stereocenters. The number of hydrogen-bond acceptors (Lipinski definition) is 4. The topological polar surface area (TPSA) is 72.3 Å². The van der Waals surface area contributed by atoms with Crippen molar-refractivity contribution in [3.05, 3.63) is 30.7 Å². The number of carbonyl (C=O) groups is 1. The highest BCUT2D eigenvalue weighted by Gasteiger charge is 2.27. The molecule has 122 valence electrons. The van der Waals surface area contributed by atoms with Gasteiger partial charge in [-0.15, -0.1) is 0 Å². The third kappa shape index (κ3) is 3.50. The van der Waals surface area contributed by atoms with Crippen molar-refractivity contribution in [2.45, 2.75) is 19.4 Å². The molecule has 0 radical (unpaired) electrons. The molecule has 23 heavy (non-hydrogen) atoms. The number of aromatic nitrogens is 3.